The van der Waals surface area contributed by atoms with E-state index in [1.165, 1.54) is 0 Å². The molecule has 33 heavy (non-hydrogen) atoms. The van der Waals surface area contributed by atoms with E-state index in [9.17, 15) is 14.4 Å². The summed E-state index contributed by atoms with van der Waals surface area (Å²) in [5.41, 5.74) is 0.950. The molecule has 2 aliphatic heterocycles. The Morgan fingerprint density at radius 2 is 1.85 bits per heavy atom. The number of esters is 1. The number of para-hydroxylation sites is 1. The number of quaternary nitrogens is 1. The SMILES string of the molecule is CC(C)(C)C(=O)OC[N+]1(C)CCC(C(=O)N2c3ccccc3C(=O)Nc3cccnc32)CC1. The number of carbonyl (C=O) groups excluding carboxylic acids is 3. The number of likely N-dealkylation sites (tertiary alicyclic amines) is 1. The molecule has 8 nitrogen and oxygen atoms in total. The van der Waals surface area contributed by atoms with E-state index < -0.39 is 5.41 Å². The van der Waals surface area contributed by atoms with Crippen LogP contribution in [0.5, 0.6) is 0 Å². The van der Waals surface area contributed by atoms with Gasteiger partial charge in [0, 0.05) is 25.0 Å². The van der Waals surface area contributed by atoms with Crippen molar-refractivity contribution in [3.05, 3.63) is 48.2 Å². The van der Waals surface area contributed by atoms with Gasteiger partial charge in [0.05, 0.1) is 42.5 Å². The Balaban J connectivity index is 1.54. The molecule has 0 bridgehead atoms. The van der Waals surface area contributed by atoms with Crippen molar-refractivity contribution in [1.29, 1.82) is 0 Å². The number of nitrogens with zero attached hydrogens (tertiary/aromatic N) is 3. The molecule has 0 spiro atoms. The Bertz CT molecular complexity index is 1080. The van der Waals surface area contributed by atoms with Gasteiger partial charge >= 0.3 is 5.97 Å². The molecule has 174 valence electrons. The number of fused-ring (bicyclic) bond motifs is 2. The van der Waals surface area contributed by atoms with Gasteiger partial charge in [0.25, 0.3) is 5.91 Å². The maximum Gasteiger partial charge on any atom is 0.315 e. The van der Waals surface area contributed by atoms with Crippen molar-refractivity contribution in [2.75, 3.05) is 37.1 Å². The van der Waals surface area contributed by atoms with Gasteiger partial charge in [-0.1, -0.05) is 12.1 Å². The lowest BCUT2D eigenvalue weighted by atomic mass is 9.93. The smallest absolute Gasteiger partial charge is 0.315 e. The zero-order chi connectivity index (χ0) is 23.8. The first-order chi connectivity index (χ1) is 15.6. The van der Waals surface area contributed by atoms with Crippen LogP contribution in [0.1, 0.15) is 44.0 Å². The molecular weight excluding hydrogens is 420 g/mol. The van der Waals surface area contributed by atoms with Crippen molar-refractivity contribution in [2.24, 2.45) is 11.3 Å². The quantitative estimate of drug-likeness (QED) is 0.568. The van der Waals surface area contributed by atoms with Crippen molar-refractivity contribution in [3.63, 3.8) is 0 Å². The fourth-order valence-electron chi connectivity index (χ4n) is 4.24. The molecule has 0 saturated carbocycles. The van der Waals surface area contributed by atoms with Crippen LogP contribution in [0.2, 0.25) is 0 Å². The number of piperidine rings is 1. The van der Waals surface area contributed by atoms with Crippen molar-refractivity contribution < 1.29 is 23.6 Å². The van der Waals surface area contributed by atoms with Gasteiger partial charge in [-0.3, -0.25) is 23.8 Å². The summed E-state index contributed by atoms with van der Waals surface area (Å²) in [5, 5.41) is 2.87. The molecule has 0 unspecified atom stereocenters. The fraction of sp³-hybridized carbons (Fsp3) is 0.440. The first-order valence-electron chi connectivity index (χ1n) is 11.3. The van der Waals surface area contributed by atoms with Gasteiger partial charge in [0.2, 0.25) is 12.6 Å². The molecule has 2 amide bonds. The second-order valence-corrected chi connectivity index (χ2v) is 10.2. The Labute approximate surface area is 194 Å². The summed E-state index contributed by atoms with van der Waals surface area (Å²) in [4.78, 5) is 44.8. The molecule has 1 aromatic carbocycles. The lowest BCUT2D eigenvalue weighted by Gasteiger charge is -2.40. The van der Waals surface area contributed by atoms with Crippen LogP contribution in [0.15, 0.2) is 42.6 Å². The van der Waals surface area contributed by atoms with E-state index in [2.05, 4.69) is 17.3 Å². The van der Waals surface area contributed by atoms with E-state index in [0.29, 0.717) is 46.8 Å². The predicted octanol–water partition coefficient (Wildman–Crippen LogP) is 3.72. The van der Waals surface area contributed by atoms with Crippen LogP contribution in [0.3, 0.4) is 0 Å². The van der Waals surface area contributed by atoms with Crippen LogP contribution < -0.4 is 10.2 Å². The molecule has 4 rings (SSSR count). The molecular formula is C25H31N4O4+. The van der Waals surface area contributed by atoms with E-state index in [4.69, 9.17) is 4.74 Å². The Morgan fingerprint density at radius 1 is 1.15 bits per heavy atom. The minimum Gasteiger partial charge on any atom is -0.415 e. The number of hydrogen-bond donors (Lipinski definition) is 1. The highest BCUT2D eigenvalue weighted by atomic mass is 16.5. The Hall–Kier alpha value is -3.26. The molecule has 0 radical (unpaired) electrons. The second-order valence-electron chi connectivity index (χ2n) is 10.2. The largest absolute Gasteiger partial charge is 0.415 e. The molecule has 0 atom stereocenters. The minimum absolute atomic E-state index is 0.0724. The van der Waals surface area contributed by atoms with Gasteiger partial charge in [-0.05, 0) is 45.0 Å². The third-order valence-electron chi connectivity index (χ3n) is 6.36. The lowest BCUT2D eigenvalue weighted by Crippen LogP contribution is -2.53. The summed E-state index contributed by atoms with van der Waals surface area (Å²) >= 11 is 0. The summed E-state index contributed by atoms with van der Waals surface area (Å²) in [5.74, 6) is -0.338. The van der Waals surface area contributed by atoms with E-state index >= 15 is 0 Å². The highest BCUT2D eigenvalue weighted by Crippen LogP contribution is 2.38. The summed E-state index contributed by atoms with van der Waals surface area (Å²) in [7, 11) is 2.05. The van der Waals surface area contributed by atoms with Crippen LogP contribution in [0, 0.1) is 11.3 Å². The molecule has 0 aliphatic carbocycles. The number of rotatable bonds is 3. The first-order valence-corrected chi connectivity index (χ1v) is 11.3. The van der Waals surface area contributed by atoms with Gasteiger partial charge < -0.3 is 10.1 Å². The van der Waals surface area contributed by atoms with Crippen molar-refractivity contribution in [3.8, 4) is 0 Å². The number of benzene rings is 1. The molecule has 2 aliphatic rings. The Kier molecular flexibility index (Phi) is 5.97. The van der Waals surface area contributed by atoms with E-state index in [0.717, 1.165) is 13.1 Å². The van der Waals surface area contributed by atoms with Crippen LogP contribution in [-0.2, 0) is 14.3 Å². The molecule has 3 heterocycles. The Morgan fingerprint density at radius 3 is 2.55 bits per heavy atom. The average Bonchev–Trinajstić information content (AvgIpc) is 2.91. The molecule has 1 aromatic heterocycles. The van der Waals surface area contributed by atoms with Crippen LogP contribution in [0.4, 0.5) is 17.2 Å². The van der Waals surface area contributed by atoms with E-state index in [1.807, 2.05) is 26.8 Å². The summed E-state index contributed by atoms with van der Waals surface area (Å²) in [6, 6.07) is 10.6. The standard InChI is InChI=1S/C25H30N4O4/c1-25(2,3)24(32)33-16-29(4)14-11-17(12-15-29)23(31)28-20-10-6-5-8-18(20)22(30)27-19-9-7-13-26-21(19)28/h5-10,13,17H,11-12,14-16H2,1-4H3/p+1. The highest BCUT2D eigenvalue weighted by molar-refractivity contribution is 6.17. The monoisotopic (exact) mass is 451 g/mol. The second kappa shape index (κ2) is 8.59. The maximum absolute atomic E-state index is 13.8. The third-order valence-corrected chi connectivity index (χ3v) is 6.36. The normalized spacial score (nSPS) is 22.5. The maximum atomic E-state index is 13.8. The predicted molar refractivity (Wildman–Crippen MR) is 125 cm³/mol. The van der Waals surface area contributed by atoms with Crippen molar-refractivity contribution >= 4 is 35.0 Å². The summed E-state index contributed by atoms with van der Waals surface area (Å²) in [6.07, 6.45) is 2.94. The molecule has 1 N–H and O–H groups in total. The summed E-state index contributed by atoms with van der Waals surface area (Å²) in [6.45, 7) is 7.25. The fourth-order valence-corrected chi connectivity index (χ4v) is 4.24. The zero-order valence-corrected chi connectivity index (χ0v) is 19.6. The van der Waals surface area contributed by atoms with Gasteiger partial charge in [0.1, 0.15) is 0 Å². The van der Waals surface area contributed by atoms with Gasteiger partial charge in [-0.15, -0.1) is 0 Å². The number of ether oxygens (including phenoxy) is 1. The number of pyridine rings is 1. The molecule has 1 fully saturated rings. The molecule has 2 aromatic rings. The molecule has 8 heteroatoms. The average molecular weight is 452 g/mol. The lowest BCUT2D eigenvalue weighted by molar-refractivity contribution is -0.930. The number of anilines is 3. The van der Waals surface area contributed by atoms with Crippen LogP contribution in [0.25, 0.3) is 0 Å². The minimum atomic E-state index is -0.542. The topological polar surface area (TPSA) is 88.6 Å². The highest BCUT2D eigenvalue weighted by Gasteiger charge is 2.39. The van der Waals surface area contributed by atoms with Gasteiger partial charge in [-0.25, -0.2) is 4.98 Å². The number of nitrogens with one attached hydrogen (secondary N) is 1. The zero-order valence-electron chi connectivity index (χ0n) is 19.6. The summed E-state index contributed by atoms with van der Waals surface area (Å²) < 4.78 is 6.14. The van der Waals surface area contributed by atoms with Gasteiger partial charge in [0.15, 0.2) is 5.82 Å². The van der Waals surface area contributed by atoms with E-state index in [1.54, 1.807) is 41.4 Å². The third kappa shape index (κ3) is 4.61. The molecule has 1 saturated heterocycles. The van der Waals surface area contributed by atoms with Crippen molar-refractivity contribution in [2.45, 2.75) is 33.6 Å². The van der Waals surface area contributed by atoms with Crippen LogP contribution in [-0.4, -0.2) is 54.1 Å². The number of aromatic nitrogens is 1. The number of amides is 2. The number of carbonyl (C=O) groups is 3. The van der Waals surface area contributed by atoms with Gasteiger partial charge in [-0.2, -0.15) is 0 Å². The van der Waals surface area contributed by atoms with Crippen LogP contribution >= 0.6 is 0 Å². The first kappa shape index (κ1) is 22.9. The number of hydrogen-bond acceptors (Lipinski definition) is 5. The van der Waals surface area contributed by atoms with E-state index in [-0.39, 0.29) is 23.7 Å². The van der Waals surface area contributed by atoms with Crippen molar-refractivity contribution in [1.82, 2.24) is 4.98 Å².